The molecule has 2 aromatic heterocycles. The van der Waals surface area contributed by atoms with Crippen molar-refractivity contribution in [3.63, 3.8) is 0 Å². The van der Waals surface area contributed by atoms with Crippen molar-refractivity contribution < 1.29 is 0 Å². The van der Waals surface area contributed by atoms with Crippen LogP contribution in [0.3, 0.4) is 0 Å². The maximum Gasteiger partial charge on any atom is 0.0569 e. The molecule has 0 saturated carbocycles. The fourth-order valence-electron chi connectivity index (χ4n) is 1.40. The van der Waals surface area contributed by atoms with E-state index in [4.69, 9.17) is 0 Å². The maximum atomic E-state index is 4.03. The minimum absolute atomic E-state index is 0.789. The van der Waals surface area contributed by atoms with Crippen LogP contribution in [-0.4, -0.2) is 22.2 Å². The zero-order valence-corrected chi connectivity index (χ0v) is 7.99. The third-order valence-electron chi connectivity index (χ3n) is 2.06. The van der Waals surface area contributed by atoms with Crippen molar-refractivity contribution in [1.29, 1.82) is 0 Å². The lowest BCUT2D eigenvalue weighted by Crippen LogP contribution is -2.06. The van der Waals surface area contributed by atoms with E-state index in [1.54, 1.807) is 12.4 Å². The van der Waals surface area contributed by atoms with Gasteiger partial charge in [-0.05, 0) is 24.7 Å². The van der Waals surface area contributed by atoms with Crippen LogP contribution >= 0.6 is 0 Å². The Morgan fingerprint density at radius 3 is 2.86 bits per heavy atom. The van der Waals surface area contributed by atoms with Crippen molar-refractivity contribution >= 4 is 0 Å². The molecule has 0 amide bonds. The lowest BCUT2D eigenvalue weighted by molar-refractivity contribution is 0.785. The Morgan fingerprint density at radius 1 is 1.36 bits per heavy atom. The van der Waals surface area contributed by atoms with Gasteiger partial charge in [-0.3, -0.25) is 10.1 Å². The molecular weight excluding hydrogens is 176 g/mol. The number of aromatic nitrogens is 3. The first-order valence-electron chi connectivity index (χ1n) is 4.49. The summed E-state index contributed by atoms with van der Waals surface area (Å²) in [6.45, 7) is 0.789. The van der Waals surface area contributed by atoms with E-state index in [2.05, 4.69) is 20.5 Å². The van der Waals surface area contributed by atoms with Crippen LogP contribution in [0.25, 0.3) is 11.1 Å². The van der Waals surface area contributed by atoms with E-state index in [1.165, 1.54) is 0 Å². The van der Waals surface area contributed by atoms with Crippen molar-refractivity contribution in [1.82, 2.24) is 20.5 Å². The smallest absolute Gasteiger partial charge is 0.0569 e. The van der Waals surface area contributed by atoms with Crippen LogP contribution in [-0.2, 0) is 6.54 Å². The highest BCUT2D eigenvalue weighted by atomic mass is 15.1. The number of hydrogen-bond donors (Lipinski definition) is 2. The van der Waals surface area contributed by atoms with Gasteiger partial charge >= 0.3 is 0 Å². The fraction of sp³-hybridized carbons (Fsp3) is 0.200. The molecule has 2 heterocycles. The number of nitrogens with one attached hydrogen (secondary N) is 2. The zero-order valence-electron chi connectivity index (χ0n) is 7.99. The normalized spacial score (nSPS) is 10.4. The molecule has 2 rings (SSSR count). The summed E-state index contributed by atoms with van der Waals surface area (Å²) in [5, 5.41) is 10.1. The number of nitrogens with zero attached hydrogens (tertiary/aromatic N) is 2. The summed E-state index contributed by atoms with van der Waals surface area (Å²) in [7, 11) is 1.91. The van der Waals surface area contributed by atoms with Gasteiger partial charge < -0.3 is 5.32 Å². The van der Waals surface area contributed by atoms with Crippen molar-refractivity contribution in [2.75, 3.05) is 7.05 Å². The Kier molecular flexibility index (Phi) is 2.55. The second-order valence-corrected chi connectivity index (χ2v) is 3.03. The van der Waals surface area contributed by atoms with Gasteiger partial charge in [0.1, 0.15) is 0 Å². The van der Waals surface area contributed by atoms with E-state index < -0.39 is 0 Å². The van der Waals surface area contributed by atoms with E-state index in [0.29, 0.717) is 0 Å². The summed E-state index contributed by atoms with van der Waals surface area (Å²) >= 11 is 0. The van der Waals surface area contributed by atoms with Crippen LogP contribution in [0.1, 0.15) is 5.69 Å². The van der Waals surface area contributed by atoms with Gasteiger partial charge in [0.15, 0.2) is 0 Å². The van der Waals surface area contributed by atoms with Gasteiger partial charge in [-0.15, -0.1) is 0 Å². The molecular formula is C10H12N4. The molecule has 0 aliphatic heterocycles. The number of pyridine rings is 1. The molecule has 0 fully saturated rings. The summed E-state index contributed by atoms with van der Waals surface area (Å²) in [4.78, 5) is 3.98. The summed E-state index contributed by atoms with van der Waals surface area (Å²) in [6.07, 6.45) is 5.40. The zero-order chi connectivity index (χ0) is 9.80. The largest absolute Gasteiger partial charge is 0.314 e. The summed E-state index contributed by atoms with van der Waals surface area (Å²) in [6, 6.07) is 3.95. The highest BCUT2D eigenvalue weighted by Crippen LogP contribution is 2.20. The molecule has 0 aromatic carbocycles. The first kappa shape index (κ1) is 8.90. The molecule has 0 aliphatic rings. The molecule has 2 aromatic rings. The highest BCUT2D eigenvalue weighted by molar-refractivity contribution is 5.64. The highest BCUT2D eigenvalue weighted by Gasteiger charge is 2.05. The second kappa shape index (κ2) is 4.02. The van der Waals surface area contributed by atoms with Gasteiger partial charge in [0.2, 0.25) is 0 Å². The summed E-state index contributed by atoms with van der Waals surface area (Å²) in [5.74, 6) is 0. The average Bonchev–Trinajstić information content (AvgIpc) is 2.68. The van der Waals surface area contributed by atoms with Gasteiger partial charge in [0.05, 0.1) is 11.9 Å². The van der Waals surface area contributed by atoms with Crippen molar-refractivity contribution in [2.45, 2.75) is 6.54 Å². The van der Waals surface area contributed by atoms with E-state index >= 15 is 0 Å². The van der Waals surface area contributed by atoms with E-state index in [0.717, 1.165) is 23.4 Å². The van der Waals surface area contributed by atoms with Crippen molar-refractivity contribution in [2.24, 2.45) is 0 Å². The Hall–Kier alpha value is -1.68. The molecule has 2 N–H and O–H groups in total. The monoisotopic (exact) mass is 188 g/mol. The second-order valence-electron chi connectivity index (χ2n) is 3.03. The Labute approximate surface area is 82.4 Å². The number of hydrogen-bond acceptors (Lipinski definition) is 3. The molecule has 0 atom stereocenters. The van der Waals surface area contributed by atoms with Gasteiger partial charge in [-0.25, -0.2) is 0 Å². The molecule has 0 spiro atoms. The lowest BCUT2D eigenvalue weighted by Gasteiger charge is -2.01. The summed E-state index contributed by atoms with van der Waals surface area (Å²) < 4.78 is 0. The topological polar surface area (TPSA) is 53.6 Å². The fourth-order valence-corrected chi connectivity index (χ4v) is 1.40. The molecule has 14 heavy (non-hydrogen) atoms. The standard InChI is InChI=1S/C10H12N4/c1-11-7-10-9(6-13-14-10)8-2-4-12-5-3-8/h2-6,11H,7H2,1H3,(H,13,14). The first-order valence-corrected chi connectivity index (χ1v) is 4.49. The first-order chi connectivity index (χ1) is 6.92. The molecule has 0 saturated heterocycles. The minimum Gasteiger partial charge on any atom is -0.314 e. The Bertz CT molecular complexity index is 394. The van der Waals surface area contributed by atoms with Crippen LogP contribution in [0.5, 0.6) is 0 Å². The Morgan fingerprint density at radius 2 is 2.14 bits per heavy atom. The number of H-pyrrole nitrogens is 1. The van der Waals surface area contributed by atoms with E-state index in [-0.39, 0.29) is 0 Å². The van der Waals surface area contributed by atoms with Gasteiger partial charge in [0, 0.05) is 24.5 Å². The van der Waals surface area contributed by atoms with Crippen molar-refractivity contribution in [3.05, 3.63) is 36.4 Å². The van der Waals surface area contributed by atoms with Crippen LogP contribution in [0.15, 0.2) is 30.7 Å². The predicted molar refractivity (Wildman–Crippen MR) is 54.6 cm³/mol. The molecule has 4 heteroatoms. The van der Waals surface area contributed by atoms with Crippen LogP contribution in [0, 0.1) is 0 Å². The predicted octanol–water partition coefficient (Wildman–Crippen LogP) is 1.19. The summed E-state index contributed by atoms with van der Waals surface area (Å²) in [5.41, 5.74) is 3.36. The number of aromatic amines is 1. The molecule has 72 valence electrons. The molecule has 0 bridgehead atoms. The minimum atomic E-state index is 0.789. The molecule has 0 unspecified atom stereocenters. The van der Waals surface area contributed by atoms with Crippen LogP contribution in [0.4, 0.5) is 0 Å². The van der Waals surface area contributed by atoms with Crippen LogP contribution < -0.4 is 5.32 Å². The van der Waals surface area contributed by atoms with E-state index in [9.17, 15) is 0 Å². The third kappa shape index (κ3) is 1.65. The molecule has 0 aliphatic carbocycles. The molecule has 0 radical (unpaired) electrons. The Balaban J connectivity index is 2.37. The van der Waals surface area contributed by atoms with Gasteiger partial charge in [-0.1, -0.05) is 0 Å². The van der Waals surface area contributed by atoms with Gasteiger partial charge in [0.25, 0.3) is 0 Å². The quantitative estimate of drug-likeness (QED) is 0.760. The third-order valence-corrected chi connectivity index (χ3v) is 2.06. The van der Waals surface area contributed by atoms with Crippen molar-refractivity contribution in [3.8, 4) is 11.1 Å². The SMILES string of the molecule is CNCc1[nH]ncc1-c1ccncc1. The number of rotatable bonds is 3. The molecule has 4 nitrogen and oxygen atoms in total. The van der Waals surface area contributed by atoms with E-state index in [1.807, 2.05) is 25.4 Å². The average molecular weight is 188 g/mol. The van der Waals surface area contributed by atoms with Gasteiger partial charge in [-0.2, -0.15) is 5.10 Å². The van der Waals surface area contributed by atoms with Crippen LogP contribution in [0.2, 0.25) is 0 Å². The maximum absolute atomic E-state index is 4.03. The lowest BCUT2D eigenvalue weighted by atomic mass is 10.1.